The molecule has 0 aliphatic carbocycles. The summed E-state index contributed by atoms with van der Waals surface area (Å²) >= 11 is 0. The van der Waals surface area contributed by atoms with Gasteiger partial charge in [-0.1, -0.05) is 59.8 Å². The summed E-state index contributed by atoms with van der Waals surface area (Å²) in [6.07, 6.45) is 2.24. The highest BCUT2D eigenvalue weighted by atomic mass is 28.4. The van der Waals surface area contributed by atoms with E-state index in [2.05, 4.69) is 47.7 Å². The molecule has 0 aliphatic rings. The second-order valence-corrected chi connectivity index (χ2v) is 14.6. The fourth-order valence-electron chi connectivity index (χ4n) is 3.19. The lowest BCUT2D eigenvalue weighted by atomic mass is 9.92. The van der Waals surface area contributed by atoms with Crippen LogP contribution in [0.15, 0.2) is 35.9 Å². The van der Waals surface area contributed by atoms with E-state index in [1.54, 1.807) is 7.11 Å². The summed E-state index contributed by atoms with van der Waals surface area (Å²) in [5.74, 6) is 0.0554. The number of benzene rings is 1. The normalized spacial score (nSPS) is 16.0. The summed E-state index contributed by atoms with van der Waals surface area (Å²) < 4.78 is 18.0. The van der Waals surface area contributed by atoms with Crippen LogP contribution < -0.4 is 4.74 Å². The van der Waals surface area contributed by atoms with E-state index < -0.39 is 14.3 Å². The van der Waals surface area contributed by atoms with Crippen LogP contribution in [0.3, 0.4) is 0 Å². The zero-order valence-electron chi connectivity index (χ0n) is 20.8. The van der Waals surface area contributed by atoms with Crippen LogP contribution in [0.2, 0.25) is 18.1 Å². The van der Waals surface area contributed by atoms with E-state index in [9.17, 15) is 9.90 Å². The lowest BCUT2D eigenvalue weighted by molar-refractivity contribution is -0.132. The van der Waals surface area contributed by atoms with Crippen molar-refractivity contribution in [3.8, 4) is 5.75 Å². The quantitative estimate of drug-likeness (QED) is 0.299. The summed E-state index contributed by atoms with van der Waals surface area (Å²) in [6.45, 7) is 18.2. The van der Waals surface area contributed by atoms with Gasteiger partial charge in [0.1, 0.15) is 5.75 Å². The Balaban J connectivity index is 2.95. The maximum Gasteiger partial charge on any atom is 0.331 e. The summed E-state index contributed by atoms with van der Waals surface area (Å²) in [7, 11) is -0.389. The van der Waals surface area contributed by atoms with Gasteiger partial charge in [0.05, 0.1) is 26.4 Å². The van der Waals surface area contributed by atoms with Crippen LogP contribution in [0, 0.1) is 11.8 Å². The Kier molecular flexibility index (Phi) is 10.5. The van der Waals surface area contributed by atoms with Crippen molar-refractivity contribution in [2.24, 2.45) is 11.8 Å². The third-order valence-electron chi connectivity index (χ3n) is 6.24. The first-order valence-electron chi connectivity index (χ1n) is 11.1. The van der Waals surface area contributed by atoms with Gasteiger partial charge in [0.25, 0.3) is 0 Å². The molecule has 176 valence electrons. The highest BCUT2D eigenvalue weighted by molar-refractivity contribution is 6.74. The fraction of sp³-hybridized carbons (Fsp3) is 0.640. The summed E-state index contributed by atoms with van der Waals surface area (Å²) in [5.41, 5.74) is 1.52. The van der Waals surface area contributed by atoms with E-state index >= 15 is 0 Å². The highest BCUT2D eigenvalue weighted by Crippen LogP contribution is 2.39. The second-order valence-electron chi connectivity index (χ2n) is 9.89. The Morgan fingerprint density at radius 1 is 1.16 bits per heavy atom. The average molecular weight is 451 g/mol. The first kappa shape index (κ1) is 27.4. The molecule has 0 amide bonds. The highest BCUT2D eigenvalue weighted by Gasteiger charge is 2.41. The van der Waals surface area contributed by atoms with Gasteiger partial charge in [0, 0.05) is 17.4 Å². The largest absolute Gasteiger partial charge is 0.497 e. The van der Waals surface area contributed by atoms with Crippen LogP contribution in [0.5, 0.6) is 5.75 Å². The van der Waals surface area contributed by atoms with Crippen molar-refractivity contribution in [3.05, 3.63) is 41.5 Å². The predicted molar refractivity (Wildman–Crippen MR) is 129 cm³/mol. The summed E-state index contributed by atoms with van der Waals surface area (Å²) in [4.78, 5) is 11.5. The Hall–Kier alpha value is -1.63. The molecule has 5 nitrogen and oxygen atoms in total. The van der Waals surface area contributed by atoms with Crippen molar-refractivity contribution in [1.29, 1.82) is 0 Å². The lowest BCUT2D eigenvalue weighted by Gasteiger charge is -2.42. The van der Waals surface area contributed by atoms with Crippen LogP contribution in [-0.4, -0.2) is 39.2 Å². The molecule has 1 rings (SSSR count). The van der Waals surface area contributed by atoms with Gasteiger partial charge in [-0.2, -0.15) is 0 Å². The predicted octanol–water partition coefficient (Wildman–Crippen LogP) is 6.30. The Morgan fingerprint density at radius 2 is 1.74 bits per heavy atom. The van der Waals surface area contributed by atoms with E-state index in [-0.39, 0.29) is 23.0 Å². The number of aliphatic carboxylic acids is 1. The van der Waals surface area contributed by atoms with Gasteiger partial charge in [0.2, 0.25) is 0 Å². The molecule has 0 aliphatic heterocycles. The van der Waals surface area contributed by atoms with E-state index in [0.717, 1.165) is 11.3 Å². The number of methoxy groups -OCH3 is 1. The molecule has 1 N–H and O–H groups in total. The molecular formula is C25H42O5Si. The minimum atomic E-state index is -2.04. The average Bonchev–Trinajstić information content (AvgIpc) is 2.69. The molecule has 0 heterocycles. The standard InChI is InChI=1S/C25H42O5Si/c1-10-21(24(26)27)15-18(2)23(30-31(8,9)25(4,5)6)19(3)16-29-17-20-11-13-22(28-7)14-12-20/h11-15,18-19,23H,10,16-17H2,1-9H3,(H,26,27)/t18-,19-,23+/m0/s1. The number of hydrogen-bond donors (Lipinski definition) is 1. The van der Waals surface area contributed by atoms with Crippen LogP contribution in [0.1, 0.15) is 53.5 Å². The molecule has 0 saturated carbocycles. The molecule has 0 fully saturated rings. The van der Waals surface area contributed by atoms with E-state index in [4.69, 9.17) is 13.9 Å². The SMILES string of the molecule is CCC(=C[C@H](C)[C@@H](O[Si](C)(C)C(C)(C)C)[C@@H](C)COCc1ccc(OC)cc1)C(=O)O. The smallest absolute Gasteiger partial charge is 0.331 e. The number of carboxylic acids is 1. The maximum absolute atomic E-state index is 11.5. The van der Waals surface area contributed by atoms with Gasteiger partial charge in [0.15, 0.2) is 8.32 Å². The van der Waals surface area contributed by atoms with E-state index in [1.807, 2.05) is 37.3 Å². The minimum Gasteiger partial charge on any atom is -0.497 e. The van der Waals surface area contributed by atoms with Crippen molar-refractivity contribution in [2.45, 2.75) is 78.8 Å². The van der Waals surface area contributed by atoms with Crippen molar-refractivity contribution in [1.82, 2.24) is 0 Å². The first-order chi connectivity index (χ1) is 14.3. The fourth-order valence-corrected chi connectivity index (χ4v) is 4.67. The Morgan fingerprint density at radius 3 is 2.19 bits per heavy atom. The minimum absolute atomic E-state index is 0.0280. The zero-order chi connectivity index (χ0) is 23.8. The van der Waals surface area contributed by atoms with Gasteiger partial charge in [-0.15, -0.1) is 0 Å². The number of rotatable bonds is 12. The molecule has 1 aromatic rings. The van der Waals surface area contributed by atoms with E-state index in [1.165, 1.54) is 0 Å². The lowest BCUT2D eigenvalue weighted by Crippen LogP contribution is -2.47. The van der Waals surface area contributed by atoms with Crippen LogP contribution in [0.4, 0.5) is 0 Å². The molecule has 31 heavy (non-hydrogen) atoms. The van der Waals surface area contributed by atoms with Crippen LogP contribution in [0.25, 0.3) is 0 Å². The van der Waals surface area contributed by atoms with Gasteiger partial charge >= 0.3 is 5.97 Å². The molecule has 0 saturated heterocycles. The van der Waals surface area contributed by atoms with Crippen molar-refractivity contribution in [2.75, 3.05) is 13.7 Å². The first-order valence-corrected chi connectivity index (χ1v) is 14.1. The number of ether oxygens (including phenoxy) is 2. The van der Waals surface area contributed by atoms with Gasteiger partial charge in [-0.25, -0.2) is 4.79 Å². The van der Waals surface area contributed by atoms with Crippen LogP contribution in [-0.2, 0) is 20.6 Å². The molecule has 1 aromatic carbocycles. The van der Waals surface area contributed by atoms with Crippen molar-refractivity contribution in [3.63, 3.8) is 0 Å². The van der Waals surface area contributed by atoms with Gasteiger partial charge < -0.3 is 19.0 Å². The van der Waals surface area contributed by atoms with Crippen LogP contribution >= 0.6 is 0 Å². The van der Waals surface area contributed by atoms with E-state index in [0.29, 0.717) is 25.2 Å². The molecule has 0 unspecified atom stereocenters. The molecule has 6 heteroatoms. The van der Waals surface area contributed by atoms with Gasteiger partial charge in [-0.05, 0) is 42.2 Å². The molecular weight excluding hydrogens is 408 g/mol. The third kappa shape index (κ3) is 8.43. The summed E-state index contributed by atoms with van der Waals surface area (Å²) in [5, 5.41) is 9.54. The summed E-state index contributed by atoms with van der Waals surface area (Å²) in [6, 6.07) is 7.85. The molecule has 0 spiro atoms. The number of carboxylic acid groups (broad SMARTS) is 1. The molecule has 0 aromatic heterocycles. The molecule has 0 radical (unpaired) electrons. The zero-order valence-corrected chi connectivity index (χ0v) is 21.8. The maximum atomic E-state index is 11.5. The number of carbonyl (C=O) groups is 1. The van der Waals surface area contributed by atoms with Gasteiger partial charge in [-0.3, -0.25) is 0 Å². The topological polar surface area (TPSA) is 65.0 Å². The Bertz CT molecular complexity index is 718. The Labute approximate surface area is 189 Å². The van der Waals surface area contributed by atoms with Crippen molar-refractivity contribution < 1.29 is 23.8 Å². The number of hydrogen-bond acceptors (Lipinski definition) is 4. The monoisotopic (exact) mass is 450 g/mol. The van der Waals surface area contributed by atoms with Crippen molar-refractivity contribution >= 4 is 14.3 Å². The second kappa shape index (κ2) is 11.8. The molecule has 3 atom stereocenters. The third-order valence-corrected chi connectivity index (χ3v) is 10.7. The molecule has 0 bridgehead atoms.